The van der Waals surface area contributed by atoms with Gasteiger partial charge in [-0.05, 0) is 40.8 Å². The van der Waals surface area contributed by atoms with E-state index in [1.807, 2.05) is 18.2 Å². The molecule has 0 fully saturated rings. The van der Waals surface area contributed by atoms with Gasteiger partial charge in [-0.25, -0.2) is 0 Å². The smallest absolute Gasteiger partial charge is 0.119 e. The SMILES string of the molecule is c1ccc(COc2ccc(CNC(Cc3ccccc3)c3ccccc3)cc2)cc1. The second kappa shape index (κ2) is 10.4. The van der Waals surface area contributed by atoms with Gasteiger partial charge < -0.3 is 10.1 Å². The van der Waals surface area contributed by atoms with Crippen LogP contribution in [0.3, 0.4) is 0 Å². The molecule has 1 atom stereocenters. The summed E-state index contributed by atoms with van der Waals surface area (Å²) in [5.74, 6) is 0.895. The molecule has 0 spiro atoms. The van der Waals surface area contributed by atoms with Crippen molar-refractivity contribution in [2.75, 3.05) is 0 Å². The van der Waals surface area contributed by atoms with E-state index in [1.165, 1.54) is 22.3 Å². The molecule has 2 nitrogen and oxygen atoms in total. The predicted octanol–water partition coefficient (Wildman–Crippen LogP) is 6.34. The third kappa shape index (κ3) is 5.82. The molecule has 1 N–H and O–H groups in total. The molecule has 0 aliphatic rings. The van der Waals surface area contributed by atoms with E-state index in [2.05, 4.69) is 102 Å². The molecule has 0 bridgehead atoms. The Labute approximate surface area is 179 Å². The minimum Gasteiger partial charge on any atom is -0.489 e. The molecular formula is C28H27NO. The van der Waals surface area contributed by atoms with Crippen molar-refractivity contribution >= 4 is 0 Å². The summed E-state index contributed by atoms with van der Waals surface area (Å²) in [5.41, 5.74) is 5.07. The Balaban J connectivity index is 1.37. The highest BCUT2D eigenvalue weighted by molar-refractivity contribution is 5.29. The van der Waals surface area contributed by atoms with Crippen molar-refractivity contribution in [2.24, 2.45) is 0 Å². The number of hydrogen-bond donors (Lipinski definition) is 1. The van der Waals surface area contributed by atoms with E-state index in [0.717, 1.165) is 18.7 Å². The van der Waals surface area contributed by atoms with Crippen LogP contribution in [0.5, 0.6) is 5.75 Å². The second-order valence-corrected chi connectivity index (χ2v) is 7.45. The first-order valence-electron chi connectivity index (χ1n) is 10.4. The Morgan fingerprint density at radius 3 is 1.77 bits per heavy atom. The van der Waals surface area contributed by atoms with Gasteiger partial charge in [-0.1, -0.05) is 103 Å². The maximum Gasteiger partial charge on any atom is 0.119 e. The minimum atomic E-state index is 0.266. The van der Waals surface area contributed by atoms with Crippen molar-refractivity contribution in [3.63, 3.8) is 0 Å². The van der Waals surface area contributed by atoms with Crippen LogP contribution in [0.4, 0.5) is 0 Å². The van der Waals surface area contributed by atoms with E-state index in [9.17, 15) is 0 Å². The lowest BCUT2D eigenvalue weighted by molar-refractivity contribution is 0.306. The molecular weight excluding hydrogens is 366 g/mol. The first-order valence-corrected chi connectivity index (χ1v) is 10.4. The molecule has 4 aromatic rings. The summed E-state index contributed by atoms with van der Waals surface area (Å²) in [4.78, 5) is 0. The summed E-state index contributed by atoms with van der Waals surface area (Å²) in [6.45, 7) is 1.40. The topological polar surface area (TPSA) is 21.3 Å². The zero-order chi connectivity index (χ0) is 20.4. The zero-order valence-electron chi connectivity index (χ0n) is 17.1. The third-order valence-corrected chi connectivity index (χ3v) is 5.21. The van der Waals surface area contributed by atoms with Crippen molar-refractivity contribution in [2.45, 2.75) is 25.6 Å². The van der Waals surface area contributed by atoms with Crippen LogP contribution in [0.2, 0.25) is 0 Å². The number of nitrogens with one attached hydrogen (secondary N) is 1. The van der Waals surface area contributed by atoms with Crippen molar-refractivity contribution < 1.29 is 4.74 Å². The van der Waals surface area contributed by atoms with Crippen LogP contribution in [0, 0.1) is 0 Å². The van der Waals surface area contributed by atoms with Crippen LogP contribution >= 0.6 is 0 Å². The molecule has 0 aliphatic heterocycles. The summed E-state index contributed by atoms with van der Waals surface area (Å²) in [5, 5.41) is 3.74. The van der Waals surface area contributed by atoms with Crippen LogP contribution in [0.25, 0.3) is 0 Å². The van der Waals surface area contributed by atoms with Gasteiger partial charge in [0.15, 0.2) is 0 Å². The molecule has 2 heteroatoms. The van der Waals surface area contributed by atoms with E-state index in [1.54, 1.807) is 0 Å². The molecule has 4 rings (SSSR count). The highest BCUT2D eigenvalue weighted by Gasteiger charge is 2.11. The molecule has 4 aromatic carbocycles. The van der Waals surface area contributed by atoms with Gasteiger partial charge in [0.2, 0.25) is 0 Å². The Morgan fingerprint density at radius 1 is 0.567 bits per heavy atom. The number of benzene rings is 4. The largest absolute Gasteiger partial charge is 0.489 e. The molecule has 0 aliphatic carbocycles. The van der Waals surface area contributed by atoms with E-state index in [0.29, 0.717) is 6.61 Å². The summed E-state index contributed by atoms with van der Waals surface area (Å²) >= 11 is 0. The van der Waals surface area contributed by atoms with Crippen molar-refractivity contribution in [3.8, 4) is 5.75 Å². The fourth-order valence-corrected chi connectivity index (χ4v) is 3.53. The van der Waals surface area contributed by atoms with Crippen LogP contribution in [-0.2, 0) is 19.6 Å². The Hall–Kier alpha value is -3.36. The summed E-state index contributed by atoms with van der Waals surface area (Å²) in [6, 6.07) is 40.2. The molecule has 0 saturated carbocycles. The monoisotopic (exact) mass is 393 g/mol. The average Bonchev–Trinajstić information content (AvgIpc) is 2.83. The van der Waals surface area contributed by atoms with Gasteiger partial charge in [0.25, 0.3) is 0 Å². The first-order chi connectivity index (χ1) is 14.9. The van der Waals surface area contributed by atoms with Crippen molar-refractivity contribution in [1.82, 2.24) is 5.32 Å². The molecule has 1 unspecified atom stereocenters. The average molecular weight is 394 g/mol. The third-order valence-electron chi connectivity index (χ3n) is 5.21. The van der Waals surface area contributed by atoms with Gasteiger partial charge in [0.1, 0.15) is 12.4 Å². The summed E-state index contributed by atoms with van der Waals surface area (Å²) < 4.78 is 5.90. The molecule has 150 valence electrons. The van der Waals surface area contributed by atoms with Crippen LogP contribution in [0.15, 0.2) is 115 Å². The van der Waals surface area contributed by atoms with Crippen LogP contribution < -0.4 is 10.1 Å². The summed E-state index contributed by atoms with van der Waals surface area (Å²) in [7, 11) is 0. The van der Waals surface area contributed by atoms with Crippen LogP contribution in [-0.4, -0.2) is 0 Å². The van der Waals surface area contributed by atoms with Crippen LogP contribution in [0.1, 0.15) is 28.3 Å². The fraction of sp³-hybridized carbons (Fsp3) is 0.143. The van der Waals surface area contributed by atoms with E-state index in [-0.39, 0.29) is 6.04 Å². The van der Waals surface area contributed by atoms with E-state index in [4.69, 9.17) is 4.74 Å². The molecule has 30 heavy (non-hydrogen) atoms. The Kier molecular flexibility index (Phi) is 6.93. The number of hydrogen-bond acceptors (Lipinski definition) is 2. The number of rotatable bonds is 9. The predicted molar refractivity (Wildman–Crippen MR) is 123 cm³/mol. The second-order valence-electron chi connectivity index (χ2n) is 7.45. The van der Waals surface area contributed by atoms with Crippen molar-refractivity contribution in [1.29, 1.82) is 0 Å². The van der Waals surface area contributed by atoms with Gasteiger partial charge in [-0.2, -0.15) is 0 Å². The molecule has 0 amide bonds. The lowest BCUT2D eigenvalue weighted by Gasteiger charge is -2.20. The zero-order valence-corrected chi connectivity index (χ0v) is 17.1. The minimum absolute atomic E-state index is 0.266. The standard InChI is InChI=1S/C28H27NO/c1-4-10-23(11-5-1)20-28(26-14-8-3-9-15-26)29-21-24-16-18-27(19-17-24)30-22-25-12-6-2-7-13-25/h1-19,28-29H,20-22H2. The lowest BCUT2D eigenvalue weighted by Crippen LogP contribution is -2.23. The fourth-order valence-electron chi connectivity index (χ4n) is 3.53. The normalized spacial score (nSPS) is 11.7. The molecule has 0 saturated heterocycles. The molecule has 0 heterocycles. The summed E-state index contributed by atoms with van der Waals surface area (Å²) in [6.07, 6.45) is 0.961. The van der Waals surface area contributed by atoms with Gasteiger partial charge in [-0.3, -0.25) is 0 Å². The van der Waals surface area contributed by atoms with E-state index < -0.39 is 0 Å². The molecule has 0 aromatic heterocycles. The highest BCUT2D eigenvalue weighted by atomic mass is 16.5. The Bertz CT molecular complexity index is 999. The van der Waals surface area contributed by atoms with Gasteiger partial charge in [-0.15, -0.1) is 0 Å². The maximum atomic E-state index is 5.90. The van der Waals surface area contributed by atoms with Gasteiger partial charge in [0.05, 0.1) is 0 Å². The maximum absolute atomic E-state index is 5.90. The Morgan fingerprint density at radius 2 is 1.13 bits per heavy atom. The first kappa shape index (κ1) is 19.9. The number of ether oxygens (including phenoxy) is 1. The lowest BCUT2D eigenvalue weighted by atomic mass is 9.98. The van der Waals surface area contributed by atoms with Gasteiger partial charge >= 0.3 is 0 Å². The quantitative estimate of drug-likeness (QED) is 0.358. The van der Waals surface area contributed by atoms with Gasteiger partial charge in [0, 0.05) is 12.6 Å². The highest BCUT2D eigenvalue weighted by Crippen LogP contribution is 2.20. The van der Waals surface area contributed by atoms with E-state index >= 15 is 0 Å². The molecule has 0 radical (unpaired) electrons. The van der Waals surface area contributed by atoms with Crippen molar-refractivity contribution in [3.05, 3.63) is 138 Å².